The van der Waals surface area contributed by atoms with Gasteiger partial charge in [0.25, 0.3) is 0 Å². The van der Waals surface area contributed by atoms with E-state index >= 15 is 0 Å². The van der Waals surface area contributed by atoms with Crippen LogP contribution in [0.1, 0.15) is 16.1 Å². The second kappa shape index (κ2) is 5.57. The zero-order valence-corrected chi connectivity index (χ0v) is 10.3. The lowest BCUT2D eigenvalue weighted by atomic mass is 10.1. The van der Waals surface area contributed by atoms with Crippen LogP contribution in [0.3, 0.4) is 0 Å². The molecule has 0 aliphatic heterocycles. The molecule has 1 heterocycles. The Hall–Kier alpha value is -2.28. The van der Waals surface area contributed by atoms with Crippen LogP contribution in [-0.2, 0) is 6.54 Å². The van der Waals surface area contributed by atoms with Crippen LogP contribution in [0.4, 0.5) is 4.39 Å². The summed E-state index contributed by atoms with van der Waals surface area (Å²) in [5.41, 5.74) is 5.72. The molecule has 0 bridgehead atoms. The standard InChI is InChI=1S/C12H13FN4O2/c1-19-11-3-2-8(6-9(11)13)12(18)10-7-17(5-4-14)16-15-10/h2-3,6-7H,4-5,14H2,1H3. The minimum absolute atomic E-state index is 0.0864. The summed E-state index contributed by atoms with van der Waals surface area (Å²) in [7, 11) is 1.36. The highest BCUT2D eigenvalue weighted by Gasteiger charge is 2.15. The Labute approximate surface area is 109 Å². The number of hydrogen-bond donors (Lipinski definition) is 1. The van der Waals surface area contributed by atoms with Gasteiger partial charge in [0.05, 0.1) is 19.9 Å². The Morgan fingerprint density at radius 1 is 1.53 bits per heavy atom. The number of ether oxygens (including phenoxy) is 1. The van der Waals surface area contributed by atoms with Gasteiger partial charge in [-0.25, -0.2) is 4.39 Å². The molecule has 0 aliphatic carbocycles. The first-order valence-electron chi connectivity index (χ1n) is 5.64. The molecular formula is C12H13FN4O2. The molecule has 100 valence electrons. The van der Waals surface area contributed by atoms with E-state index in [1.54, 1.807) is 0 Å². The number of carbonyl (C=O) groups is 1. The number of methoxy groups -OCH3 is 1. The third-order valence-corrected chi connectivity index (χ3v) is 2.54. The smallest absolute Gasteiger partial charge is 0.214 e. The van der Waals surface area contributed by atoms with Gasteiger partial charge in [0.1, 0.15) is 0 Å². The Kier molecular flexibility index (Phi) is 3.86. The molecule has 1 aromatic carbocycles. The number of rotatable bonds is 5. The Bertz CT molecular complexity index is 597. The van der Waals surface area contributed by atoms with Crippen molar-refractivity contribution in [3.05, 3.63) is 41.5 Å². The number of ketones is 1. The van der Waals surface area contributed by atoms with E-state index in [2.05, 4.69) is 10.3 Å². The third-order valence-electron chi connectivity index (χ3n) is 2.54. The van der Waals surface area contributed by atoms with Crippen molar-refractivity contribution in [1.82, 2.24) is 15.0 Å². The summed E-state index contributed by atoms with van der Waals surface area (Å²) in [5.74, 6) is -0.907. The molecule has 2 aromatic rings. The van der Waals surface area contributed by atoms with Gasteiger partial charge in [-0.3, -0.25) is 9.48 Å². The van der Waals surface area contributed by atoms with Gasteiger partial charge in [-0.15, -0.1) is 5.10 Å². The third kappa shape index (κ3) is 2.76. The predicted molar refractivity (Wildman–Crippen MR) is 65.5 cm³/mol. The van der Waals surface area contributed by atoms with Crippen LogP contribution in [0.5, 0.6) is 5.75 Å². The maximum Gasteiger partial charge on any atom is 0.214 e. The minimum atomic E-state index is -0.595. The number of nitrogens with zero attached hydrogens (tertiary/aromatic N) is 3. The van der Waals surface area contributed by atoms with E-state index in [1.165, 1.54) is 30.1 Å². The monoisotopic (exact) mass is 264 g/mol. The summed E-state index contributed by atoms with van der Waals surface area (Å²) < 4.78 is 19.8. The number of nitrogens with two attached hydrogens (primary N) is 1. The average Bonchev–Trinajstić information content (AvgIpc) is 2.87. The van der Waals surface area contributed by atoms with E-state index in [0.717, 1.165) is 6.07 Å². The highest BCUT2D eigenvalue weighted by Crippen LogP contribution is 2.19. The van der Waals surface area contributed by atoms with Gasteiger partial charge in [0.15, 0.2) is 17.3 Å². The molecule has 0 saturated heterocycles. The van der Waals surface area contributed by atoms with Crippen LogP contribution in [0.15, 0.2) is 24.4 Å². The summed E-state index contributed by atoms with van der Waals surface area (Å²) in [4.78, 5) is 12.1. The molecule has 0 radical (unpaired) electrons. The molecule has 7 heteroatoms. The molecule has 19 heavy (non-hydrogen) atoms. The quantitative estimate of drug-likeness (QED) is 0.800. The number of carbonyl (C=O) groups excluding carboxylic acids is 1. The normalized spacial score (nSPS) is 10.5. The largest absolute Gasteiger partial charge is 0.494 e. The molecule has 2 N–H and O–H groups in total. The van der Waals surface area contributed by atoms with E-state index in [-0.39, 0.29) is 17.0 Å². The molecule has 0 amide bonds. The number of hydrogen-bond acceptors (Lipinski definition) is 5. The fraction of sp³-hybridized carbons (Fsp3) is 0.250. The SMILES string of the molecule is COc1ccc(C(=O)c2cn(CCN)nn2)cc1F. The highest BCUT2D eigenvalue weighted by atomic mass is 19.1. The van der Waals surface area contributed by atoms with Gasteiger partial charge >= 0.3 is 0 Å². The first-order valence-corrected chi connectivity index (χ1v) is 5.64. The molecule has 0 fully saturated rings. The van der Waals surface area contributed by atoms with Crippen LogP contribution in [0.25, 0.3) is 0 Å². The summed E-state index contributed by atoms with van der Waals surface area (Å²) in [5, 5.41) is 7.49. The van der Waals surface area contributed by atoms with Gasteiger partial charge in [0.2, 0.25) is 5.78 Å². The summed E-state index contributed by atoms with van der Waals surface area (Å²) in [6.07, 6.45) is 1.48. The lowest BCUT2D eigenvalue weighted by Gasteiger charge is -2.03. The van der Waals surface area contributed by atoms with Crippen molar-refractivity contribution in [3.8, 4) is 5.75 Å². The van der Waals surface area contributed by atoms with Crippen molar-refractivity contribution in [3.63, 3.8) is 0 Å². The number of aromatic nitrogens is 3. The molecule has 0 spiro atoms. The van der Waals surface area contributed by atoms with Crippen LogP contribution in [0.2, 0.25) is 0 Å². The summed E-state index contributed by atoms with van der Waals surface area (Å²) in [6, 6.07) is 3.99. The lowest BCUT2D eigenvalue weighted by Crippen LogP contribution is -2.10. The van der Waals surface area contributed by atoms with Crippen LogP contribution in [0, 0.1) is 5.82 Å². The first kappa shape index (κ1) is 13.2. The minimum Gasteiger partial charge on any atom is -0.494 e. The topological polar surface area (TPSA) is 83.0 Å². The van der Waals surface area contributed by atoms with E-state index in [9.17, 15) is 9.18 Å². The van der Waals surface area contributed by atoms with Crippen LogP contribution < -0.4 is 10.5 Å². The zero-order valence-electron chi connectivity index (χ0n) is 10.3. The number of halogens is 1. The predicted octanol–water partition coefficient (Wildman–Crippen LogP) is 0.615. The molecule has 2 rings (SSSR count). The summed E-state index contributed by atoms with van der Waals surface area (Å²) in [6.45, 7) is 0.866. The zero-order chi connectivity index (χ0) is 13.8. The van der Waals surface area contributed by atoms with Gasteiger partial charge in [-0.2, -0.15) is 0 Å². The van der Waals surface area contributed by atoms with Crippen molar-refractivity contribution >= 4 is 5.78 Å². The van der Waals surface area contributed by atoms with Crippen molar-refractivity contribution in [2.45, 2.75) is 6.54 Å². The molecule has 0 unspecified atom stereocenters. The second-order valence-electron chi connectivity index (χ2n) is 3.83. The van der Waals surface area contributed by atoms with Gasteiger partial charge in [-0.05, 0) is 18.2 Å². The Morgan fingerprint density at radius 2 is 2.32 bits per heavy atom. The fourth-order valence-electron chi connectivity index (χ4n) is 1.60. The molecule has 6 nitrogen and oxygen atoms in total. The molecular weight excluding hydrogens is 251 g/mol. The lowest BCUT2D eigenvalue weighted by molar-refractivity contribution is 0.103. The van der Waals surface area contributed by atoms with Crippen molar-refractivity contribution in [2.75, 3.05) is 13.7 Å². The van der Waals surface area contributed by atoms with E-state index in [0.29, 0.717) is 13.1 Å². The molecule has 0 atom stereocenters. The Morgan fingerprint density at radius 3 is 2.95 bits per heavy atom. The highest BCUT2D eigenvalue weighted by molar-refractivity contribution is 6.07. The van der Waals surface area contributed by atoms with Crippen LogP contribution in [-0.4, -0.2) is 34.4 Å². The molecule has 1 aromatic heterocycles. The summed E-state index contributed by atoms with van der Waals surface area (Å²) >= 11 is 0. The maximum absolute atomic E-state index is 13.5. The maximum atomic E-state index is 13.5. The molecule has 0 aliphatic rings. The van der Waals surface area contributed by atoms with Crippen molar-refractivity contribution in [2.24, 2.45) is 5.73 Å². The van der Waals surface area contributed by atoms with Gasteiger partial charge in [0, 0.05) is 12.1 Å². The fourth-order valence-corrected chi connectivity index (χ4v) is 1.60. The first-order chi connectivity index (χ1) is 9.15. The van der Waals surface area contributed by atoms with Crippen molar-refractivity contribution < 1.29 is 13.9 Å². The van der Waals surface area contributed by atoms with E-state index < -0.39 is 11.6 Å². The van der Waals surface area contributed by atoms with E-state index in [1.807, 2.05) is 0 Å². The van der Waals surface area contributed by atoms with Gasteiger partial charge in [-0.1, -0.05) is 5.21 Å². The average molecular weight is 264 g/mol. The Balaban J connectivity index is 2.25. The van der Waals surface area contributed by atoms with Gasteiger partial charge < -0.3 is 10.5 Å². The second-order valence-corrected chi connectivity index (χ2v) is 3.83. The van der Waals surface area contributed by atoms with Crippen molar-refractivity contribution in [1.29, 1.82) is 0 Å². The number of benzene rings is 1. The van der Waals surface area contributed by atoms with E-state index in [4.69, 9.17) is 10.5 Å². The van der Waals surface area contributed by atoms with Crippen LogP contribution >= 0.6 is 0 Å². The molecule has 0 saturated carbocycles.